The number of nitrogens with zero attached hydrogens (tertiary/aromatic N) is 1. The van der Waals surface area contributed by atoms with Crippen LogP contribution in [0, 0.1) is 0 Å². The van der Waals surface area contributed by atoms with Gasteiger partial charge in [-0.05, 0) is 12.8 Å². The molecule has 0 spiro atoms. The molecule has 0 unspecified atom stereocenters. The van der Waals surface area contributed by atoms with E-state index in [1.807, 2.05) is 7.05 Å². The van der Waals surface area contributed by atoms with Crippen molar-refractivity contribution in [3.63, 3.8) is 0 Å². The van der Waals surface area contributed by atoms with Crippen LogP contribution in [0.25, 0.3) is 0 Å². The minimum absolute atomic E-state index is 0.182. The monoisotopic (exact) mass is 171 g/mol. The van der Waals surface area contributed by atoms with Gasteiger partial charge < -0.3 is 9.94 Å². The summed E-state index contributed by atoms with van der Waals surface area (Å²) >= 11 is 0. The molecule has 0 aliphatic heterocycles. The predicted octanol–water partition coefficient (Wildman–Crippen LogP) is 0.653. The molecule has 4 heteroatoms. The van der Waals surface area contributed by atoms with Gasteiger partial charge in [-0.3, -0.25) is 0 Å². The third-order valence-corrected chi connectivity index (χ3v) is 2.17. The first kappa shape index (κ1) is 9.22. The van der Waals surface area contributed by atoms with E-state index in [1.54, 1.807) is 18.2 Å². The lowest BCUT2D eigenvalue weighted by Gasteiger charge is -2.20. The fourth-order valence-electron chi connectivity index (χ4n) is 1.30. The van der Waals surface area contributed by atoms with Gasteiger partial charge in [0.2, 0.25) is 0 Å². The smallest absolute Gasteiger partial charge is 0.331 e. The number of carboxylic acids is 1. The molecule has 4 nitrogen and oxygen atoms in total. The number of hydroxylamine groups is 2. The fraction of sp³-hybridized carbons (Fsp3) is 0.625. The topological polar surface area (TPSA) is 49.8 Å². The van der Waals surface area contributed by atoms with Gasteiger partial charge in [-0.25, -0.2) is 4.79 Å². The average molecular weight is 171 g/mol. The summed E-state index contributed by atoms with van der Waals surface area (Å²) in [5.74, 6) is -0.818. The van der Waals surface area contributed by atoms with Gasteiger partial charge in [-0.1, -0.05) is 6.08 Å². The van der Waals surface area contributed by atoms with Crippen LogP contribution in [-0.4, -0.2) is 36.3 Å². The first-order chi connectivity index (χ1) is 5.65. The normalized spacial score (nSPS) is 22.9. The van der Waals surface area contributed by atoms with Gasteiger partial charge in [-0.2, -0.15) is 5.06 Å². The maximum absolute atomic E-state index is 10.5. The molecule has 0 heterocycles. The molecule has 0 aromatic heterocycles. The highest BCUT2D eigenvalue weighted by Gasteiger charge is 2.24. The van der Waals surface area contributed by atoms with Crippen molar-refractivity contribution in [2.24, 2.45) is 0 Å². The molecule has 1 aliphatic carbocycles. The molecular weight excluding hydrogens is 158 g/mol. The number of carboxylic acid groups (broad SMARTS) is 1. The van der Waals surface area contributed by atoms with Gasteiger partial charge in [0.25, 0.3) is 0 Å². The van der Waals surface area contributed by atoms with E-state index in [9.17, 15) is 4.79 Å². The Kier molecular flexibility index (Phi) is 2.83. The lowest BCUT2D eigenvalue weighted by Crippen LogP contribution is -2.28. The van der Waals surface area contributed by atoms with Crippen LogP contribution in [0.3, 0.4) is 0 Å². The zero-order chi connectivity index (χ0) is 9.14. The van der Waals surface area contributed by atoms with Crippen molar-refractivity contribution in [2.45, 2.75) is 18.9 Å². The summed E-state index contributed by atoms with van der Waals surface area (Å²) in [6, 6.07) is 0.182. The Morgan fingerprint density at radius 3 is 2.92 bits per heavy atom. The molecule has 12 heavy (non-hydrogen) atoms. The molecule has 0 radical (unpaired) electrons. The zero-order valence-electron chi connectivity index (χ0n) is 7.28. The highest BCUT2D eigenvalue weighted by Crippen LogP contribution is 2.22. The highest BCUT2D eigenvalue weighted by atomic mass is 16.7. The molecular formula is C8H13NO3. The predicted molar refractivity (Wildman–Crippen MR) is 43.5 cm³/mol. The summed E-state index contributed by atoms with van der Waals surface area (Å²) < 4.78 is 0. The lowest BCUT2D eigenvalue weighted by molar-refractivity contribution is -0.140. The van der Waals surface area contributed by atoms with E-state index >= 15 is 0 Å². The van der Waals surface area contributed by atoms with Crippen LogP contribution in [0.1, 0.15) is 12.8 Å². The number of carbonyl (C=O) groups is 1. The third-order valence-electron chi connectivity index (χ3n) is 2.17. The largest absolute Gasteiger partial charge is 0.478 e. The summed E-state index contributed by atoms with van der Waals surface area (Å²) in [7, 11) is 3.39. The maximum Gasteiger partial charge on any atom is 0.331 e. The van der Waals surface area contributed by atoms with Gasteiger partial charge in [0.1, 0.15) is 0 Å². The van der Waals surface area contributed by atoms with Gasteiger partial charge in [0.05, 0.1) is 7.11 Å². The van der Waals surface area contributed by atoms with E-state index in [2.05, 4.69) is 0 Å². The van der Waals surface area contributed by atoms with E-state index in [-0.39, 0.29) is 6.04 Å². The van der Waals surface area contributed by atoms with Crippen molar-refractivity contribution in [3.8, 4) is 0 Å². The van der Waals surface area contributed by atoms with Crippen molar-refractivity contribution in [1.29, 1.82) is 0 Å². The molecule has 1 N–H and O–H groups in total. The molecule has 1 aliphatic rings. The van der Waals surface area contributed by atoms with Crippen molar-refractivity contribution < 1.29 is 14.7 Å². The molecule has 0 aromatic carbocycles. The second kappa shape index (κ2) is 3.69. The molecule has 0 aromatic rings. The van der Waals surface area contributed by atoms with E-state index in [1.165, 1.54) is 0 Å². The van der Waals surface area contributed by atoms with Gasteiger partial charge >= 0.3 is 5.97 Å². The first-order valence-corrected chi connectivity index (χ1v) is 3.84. The van der Waals surface area contributed by atoms with Crippen LogP contribution in [0.15, 0.2) is 11.6 Å². The van der Waals surface area contributed by atoms with Crippen LogP contribution < -0.4 is 0 Å². The number of hydrogen-bond acceptors (Lipinski definition) is 3. The maximum atomic E-state index is 10.5. The van der Waals surface area contributed by atoms with Crippen LogP contribution in [0.5, 0.6) is 0 Å². The Morgan fingerprint density at radius 1 is 1.83 bits per heavy atom. The highest BCUT2D eigenvalue weighted by molar-refractivity contribution is 5.87. The van der Waals surface area contributed by atoms with Crippen LogP contribution in [0.4, 0.5) is 0 Å². The number of aliphatic carboxylic acids is 1. The summed E-state index contributed by atoms with van der Waals surface area (Å²) in [5.41, 5.74) is 0.490. The standard InChI is InChI=1S/C8H13NO3/c1-9(12-2)7-4-3-6(5-7)8(10)11/h3,7H,4-5H2,1-2H3,(H,10,11)/t7-/m1/s1. The van der Waals surface area contributed by atoms with E-state index < -0.39 is 5.97 Å². The van der Waals surface area contributed by atoms with Crippen LogP contribution in [-0.2, 0) is 9.63 Å². The number of rotatable bonds is 3. The Bertz CT molecular complexity index is 212. The molecule has 0 amide bonds. The molecule has 0 saturated carbocycles. The minimum atomic E-state index is -0.818. The molecule has 0 saturated heterocycles. The zero-order valence-corrected chi connectivity index (χ0v) is 7.28. The Hall–Kier alpha value is -0.870. The van der Waals surface area contributed by atoms with Gasteiger partial charge in [-0.15, -0.1) is 0 Å². The molecule has 68 valence electrons. The minimum Gasteiger partial charge on any atom is -0.478 e. The molecule has 1 rings (SSSR count). The Balaban J connectivity index is 2.46. The quantitative estimate of drug-likeness (QED) is 0.633. The van der Waals surface area contributed by atoms with E-state index in [4.69, 9.17) is 9.94 Å². The first-order valence-electron chi connectivity index (χ1n) is 3.84. The van der Waals surface area contributed by atoms with Gasteiger partial charge in [0.15, 0.2) is 0 Å². The van der Waals surface area contributed by atoms with Crippen LogP contribution >= 0.6 is 0 Å². The lowest BCUT2D eigenvalue weighted by atomic mass is 10.2. The Labute approximate surface area is 71.4 Å². The van der Waals surface area contributed by atoms with Crippen molar-refractivity contribution in [1.82, 2.24) is 5.06 Å². The second-order valence-electron chi connectivity index (χ2n) is 2.86. The Morgan fingerprint density at radius 2 is 2.50 bits per heavy atom. The summed E-state index contributed by atoms with van der Waals surface area (Å²) in [6.07, 6.45) is 3.08. The summed E-state index contributed by atoms with van der Waals surface area (Å²) in [5, 5.41) is 10.3. The summed E-state index contributed by atoms with van der Waals surface area (Å²) in [4.78, 5) is 15.5. The number of hydrogen-bond donors (Lipinski definition) is 1. The van der Waals surface area contributed by atoms with Crippen molar-refractivity contribution in [2.75, 3.05) is 14.2 Å². The van der Waals surface area contributed by atoms with E-state index in [0.717, 1.165) is 6.42 Å². The van der Waals surface area contributed by atoms with Crippen molar-refractivity contribution in [3.05, 3.63) is 11.6 Å². The van der Waals surface area contributed by atoms with Gasteiger partial charge in [0, 0.05) is 18.7 Å². The average Bonchev–Trinajstić information content (AvgIpc) is 2.51. The molecule has 0 bridgehead atoms. The molecule has 1 atom stereocenters. The summed E-state index contributed by atoms with van der Waals surface area (Å²) in [6.45, 7) is 0. The van der Waals surface area contributed by atoms with Crippen molar-refractivity contribution >= 4 is 5.97 Å². The fourth-order valence-corrected chi connectivity index (χ4v) is 1.30. The van der Waals surface area contributed by atoms with Crippen LogP contribution in [0.2, 0.25) is 0 Å². The molecule has 0 fully saturated rings. The third kappa shape index (κ3) is 1.84. The SMILES string of the molecule is CON(C)[C@@H]1CC=C(C(=O)O)C1. The second-order valence-corrected chi connectivity index (χ2v) is 2.86. The van der Waals surface area contributed by atoms with E-state index in [0.29, 0.717) is 12.0 Å².